The number of fused-ring (bicyclic) bond motifs is 2. The summed E-state index contributed by atoms with van der Waals surface area (Å²) in [6.07, 6.45) is 13.1. The first kappa shape index (κ1) is 13.8. The van der Waals surface area contributed by atoms with Crippen LogP contribution in [0, 0.1) is 17.8 Å². The molecular formula is C20H28O. The highest BCUT2D eigenvalue weighted by atomic mass is 16.3. The van der Waals surface area contributed by atoms with Crippen LogP contribution in [-0.2, 0) is 12.8 Å². The van der Waals surface area contributed by atoms with Crippen LogP contribution >= 0.6 is 0 Å². The summed E-state index contributed by atoms with van der Waals surface area (Å²) in [5.41, 5.74) is 4.20. The number of hydrogen-bond donors (Lipinski definition) is 1. The van der Waals surface area contributed by atoms with Crippen LogP contribution in [0.15, 0.2) is 18.2 Å². The molecular weight excluding hydrogens is 256 g/mol. The fraction of sp³-hybridized carbons (Fsp3) is 0.700. The Kier molecular flexibility index (Phi) is 3.79. The number of aliphatic hydroxyl groups excluding tert-OH is 1. The first-order valence-electron chi connectivity index (χ1n) is 9.11. The van der Waals surface area contributed by atoms with Crippen LogP contribution in [0.2, 0.25) is 0 Å². The molecule has 3 aliphatic carbocycles. The van der Waals surface area contributed by atoms with Crippen molar-refractivity contribution < 1.29 is 5.11 Å². The Morgan fingerprint density at radius 2 is 1.67 bits per heavy atom. The molecule has 0 aliphatic heterocycles. The second-order valence-corrected chi connectivity index (χ2v) is 7.70. The maximum atomic E-state index is 10.9. The van der Waals surface area contributed by atoms with Crippen LogP contribution in [0.25, 0.3) is 0 Å². The van der Waals surface area contributed by atoms with Gasteiger partial charge in [-0.15, -0.1) is 0 Å². The lowest BCUT2D eigenvalue weighted by Gasteiger charge is -2.41. The van der Waals surface area contributed by atoms with E-state index in [4.69, 9.17) is 0 Å². The Morgan fingerprint density at radius 3 is 2.57 bits per heavy atom. The third-order valence-electron chi connectivity index (χ3n) is 6.49. The van der Waals surface area contributed by atoms with Crippen molar-refractivity contribution >= 4 is 0 Å². The molecule has 4 atom stereocenters. The van der Waals surface area contributed by atoms with Crippen molar-refractivity contribution in [3.05, 3.63) is 34.9 Å². The van der Waals surface area contributed by atoms with Crippen molar-refractivity contribution in [1.29, 1.82) is 0 Å². The Hall–Kier alpha value is -0.820. The predicted molar refractivity (Wildman–Crippen MR) is 86.2 cm³/mol. The number of aryl methyl sites for hydroxylation is 2. The molecule has 0 heterocycles. The van der Waals surface area contributed by atoms with Crippen molar-refractivity contribution in [3.8, 4) is 0 Å². The highest BCUT2D eigenvalue weighted by molar-refractivity contribution is 5.36. The minimum absolute atomic E-state index is 0.223. The molecule has 0 saturated heterocycles. The fourth-order valence-electron chi connectivity index (χ4n) is 5.24. The van der Waals surface area contributed by atoms with Gasteiger partial charge in [-0.05, 0) is 73.0 Å². The summed E-state index contributed by atoms with van der Waals surface area (Å²) in [5.74, 6) is 2.38. The Morgan fingerprint density at radius 1 is 0.857 bits per heavy atom. The van der Waals surface area contributed by atoms with Crippen LogP contribution in [0.1, 0.15) is 74.2 Å². The van der Waals surface area contributed by atoms with Gasteiger partial charge in [-0.1, -0.05) is 43.9 Å². The first-order valence-corrected chi connectivity index (χ1v) is 9.11. The van der Waals surface area contributed by atoms with Crippen LogP contribution in [0.3, 0.4) is 0 Å². The van der Waals surface area contributed by atoms with Crippen molar-refractivity contribution in [2.24, 2.45) is 17.8 Å². The zero-order valence-electron chi connectivity index (χ0n) is 13.1. The maximum Gasteiger partial charge on any atom is 0.0818 e. The van der Waals surface area contributed by atoms with E-state index in [1.54, 1.807) is 0 Å². The molecule has 4 rings (SSSR count). The summed E-state index contributed by atoms with van der Waals surface area (Å²) in [6, 6.07) is 6.77. The minimum atomic E-state index is -0.223. The molecule has 1 N–H and O–H groups in total. The molecule has 0 bridgehead atoms. The summed E-state index contributed by atoms with van der Waals surface area (Å²) >= 11 is 0. The molecule has 2 saturated carbocycles. The minimum Gasteiger partial charge on any atom is -0.388 e. The van der Waals surface area contributed by atoms with Gasteiger partial charge >= 0.3 is 0 Å². The van der Waals surface area contributed by atoms with E-state index in [2.05, 4.69) is 18.2 Å². The van der Waals surface area contributed by atoms with Gasteiger partial charge in [0.15, 0.2) is 0 Å². The fourth-order valence-corrected chi connectivity index (χ4v) is 5.24. The molecule has 1 aromatic carbocycles. The van der Waals surface area contributed by atoms with E-state index >= 15 is 0 Å². The van der Waals surface area contributed by atoms with Crippen molar-refractivity contribution in [1.82, 2.24) is 0 Å². The van der Waals surface area contributed by atoms with Gasteiger partial charge in [-0.3, -0.25) is 0 Å². The zero-order valence-corrected chi connectivity index (χ0v) is 13.1. The molecule has 1 aromatic rings. The van der Waals surface area contributed by atoms with Gasteiger partial charge in [-0.2, -0.15) is 0 Å². The number of hydrogen-bond acceptors (Lipinski definition) is 1. The van der Waals surface area contributed by atoms with E-state index in [1.807, 2.05) is 0 Å². The van der Waals surface area contributed by atoms with Crippen molar-refractivity contribution in [2.75, 3.05) is 0 Å². The van der Waals surface area contributed by atoms with E-state index in [-0.39, 0.29) is 6.10 Å². The van der Waals surface area contributed by atoms with Gasteiger partial charge in [-0.25, -0.2) is 0 Å². The molecule has 0 aromatic heterocycles. The number of rotatable bonds is 2. The van der Waals surface area contributed by atoms with Crippen LogP contribution in [-0.4, -0.2) is 5.11 Å². The van der Waals surface area contributed by atoms with E-state index in [9.17, 15) is 5.11 Å². The smallest absolute Gasteiger partial charge is 0.0818 e. The third-order valence-corrected chi connectivity index (χ3v) is 6.49. The van der Waals surface area contributed by atoms with Crippen LogP contribution in [0.4, 0.5) is 0 Å². The number of benzene rings is 1. The average Bonchev–Trinajstić information content (AvgIpc) is 3.01. The highest BCUT2D eigenvalue weighted by Crippen LogP contribution is 2.46. The van der Waals surface area contributed by atoms with Gasteiger partial charge in [0, 0.05) is 0 Å². The SMILES string of the molecule is OC(c1ccc2c(c1)CCC2)C1CCC2CCCCC2C1. The standard InChI is InChI=1S/C20H28O/c21-20(19-11-9-15-6-3-7-17(15)13-19)18-10-8-14-4-1-2-5-16(14)12-18/h9,11,13-14,16,18,20-21H,1-8,10,12H2. The van der Waals surface area contributed by atoms with Crippen LogP contribution in [0.5, 0.6) is 0 Å². The number of aliphatic hydroxyl groups is 1. The second kappa shape index (κ2) is 5.76. The molecule has 0 amide bonds. The van der Waals surface area contributed by atoms with Crippen molar-refractivity contribution in [3.63, 3.8) is 0 Å². The van der Waals surface area contributed by atoms with E-state index < -0.39 is 0 Å². The molecule has 3 aliphatic rings. The molecule has 0 radical (unpaired) electrons. The highest BCUT2D eigenvalue weighted by Gasteiger charge is 2.35. The predicted octanol–water partition coefficient (Wildman–Crippen LogP) is 4.82. The molecule has 1 heteroatoms. The Bertz CT molecular complexity index is 507. The normalized spacial score (nSPS) is 33.3. The summed E-state index contributed by atoms with van der Waals surface area (Å²) in [5, 5.41) is 10.9. The third kappa shape index (κ3) is 2.65. The molecule has 114 valence electrons. The van der Waals surface area contributed by atoms with E-state index in [1.165, 1.54) is 80.9 Å². The lowest BCUT2D eigenvalue weighted by atomic mass is 9.66. The van der Waals surface area contributed by atoms with Gasteiger partial charge in [0.25, 0.3) is 0 Å². The van der Waals surface area contributed by atoms with E-state index in [0.29, 0.717) is 5.92 Å². The van der Waals surface area contributed by atoms with Gasteiger partial charge < -0.3 is 5.11 Å². The second-order valence-electron chi connectivity index (χ2n) is 7.70. The Labute approximate surface area is 128 Å². The quantitative estimate of drug-likeness (QED) is 0.826. The van der Waals surface area contributed by atoms with E-state index in [0.717, 1.165) is 11.8 Å². The van der Waals surface area contributed by atoms with Crippen molar-refractivity contribution in [2.45, 2.75) is 70.3 Å². The van der Waals surface area contributed by atoms with Gasteiger partial charge in [0.05, 0.1) is 6.10 Å². The summed E-state index contributed by atoms with van der Waals surface area (Å²) < 4.78 is 0. The maximum absolute atomic E-state index is 10.9. The summed E-state index contributed by atoms with van der Waals surface area (Å²) in [4.78, 5) is 0. The monoisotopic (exact) mass is 284 g/mol. The Balaban J connectivity index is 1.48. The topological polar surface area (TPSA) is 20.2 Å². The van der Waals surface area contributed by atoms with Gasteiger partial charge in [0.1, 0.15) is 0 Å². The average molecular weight is 284 g/mol. The molecule has 1 nitrogen and oxygen atoms in total. The van der Waals surface area contributed by atoms with Gasteiger partial charge in [0.2, 0.25) is 0 Å². The first-order chi connectivity index (χ1) is 10.3. The molecule has 0 spiro atoms. The zero-order chi connectivity index (χ0) is 14.2. The summed E-state index contributed by atoms with van der Waals surface area (Å²) in [7, 11) is 0. The lowest BCUT2D eigenvalue weighted by Crippen LogP contribution is -2.30. The van der Waals surface area contributed by atoms with Crippen LogP contribution < -0.4 is 0 Å². The largest absolute Gasteiger partial charge is 0.388 e. The molecule has 21 heavy (non-hydrogen) atoms. The molecule has 2 fully saturated rings. The molecule has 4 unspecified atom stereocenters. The summed E-state index contributed by atoms with van der Waals surface area (Å²) in [6.45, 7) is 0. The lowest BCUT2D eigenvalue weighted by molar-refractivity contribution is 0.0349.